The highest BCUT2D eigenvalue weighted by Crippen LogP contribution is 2.31. The lowest BCUT2D eigenvalue weighted by molar-refractivity contribution is 0.0527. The maximum absolute atomic E-state index is 11.9. The molecule has 3 unspecified atom stereocenters. The van der Waals surface area contributed by atoms with Gasteiger partial charge in [0, 0.05) is 12.2 Å². The third-order valence-electron chi connectivity index (χ3n) is 4.24. The summed E-state index contributed by atoms with van der Waals surface area (Å²) >= 11 is 0. The van der Waals surface area contributed by atoms with E-state index in [2.05, 4.69) is 24.1 Å². The molecule has 0 saturated heterocycles. The number of aromatic nitrogens is 1. The minimum absolute atomic E-state index is 0.305. The summed E-state index contributed by atoms with van der Waals surface area (Å²) in [5.74, 6) is 1.83. The SMILES string of the molecule is CCOC(=O)c1cccnc1NC1CCC(C)C(C)C1. The Kier molecular flexibility index (Phi) is 4.99. The lowest BCUT2D eigenvalue weighted by Crippen LogP contribution is -2.31. The van der Waals surface area contributed by atoms with Gasteiger partial charge in [-0.05, 0) is 50.2 Å². The lowest BCUT2D eigenvalue weighted by Gasteiger charge is -2.33. The highest BCUT2D eigenvalue weighted by atomic mass is 16.5. The van der Waals surface area contributed by atoms with Gasteiger partial charge >= 0.3 is 5.97 Å². The normalized spacial score (nSPS) is 26.1. The Morgan fingerprint density at radius 3 is 2.90 bits per heavy atom. The molecular formula is C16H24N2O2. The number of nitrogens with zero attached hydrogens (tertiary/aromatic N) is 1. The molecule has 1 aliphatic rings. The van der Waals surface area contributed by atoms with E-state index in [1.807, 2.05) is 6.92 Å². The Morgan fingerprint density at radius 1 is 1.40 bits per heavy atom. The fourth-order valence-electron chi connectivity index (χ4n) is 2.77. The quantitative estimate of drug-likeness (QED) is 0.855. The average Bonchev–Trinajstić information content (AvgIpc) is 2.44. The Balaban J connectivity index is 2.07. The summed E-state index contributed by atoms with van der Waals surface area (Å²) in [7, 11) is 0. The van der Waals surface area contributed by atoms with Gasteiger partial charge in [0.2, 0.25) is 0 Å². The number of carbonyl (C=O) groups is 1. The molecule has 4 heteroatoms. The van der Waals surface area contributed by atoms with Crippen molar-refractivity contribution in [2.75, 3.05) is 11.9 Å². The zero-order valence-corrected chi connectivity index (χ0v) is 12.6. The van der Waals surface area contributed by atoms with Crippen molar-refractivity contribution in [1.29, 1.82) is 0 Å². The number of hydrogen-bond donors (Lipinski definition) is 1. The van der Waals surface area contributed by atoms with Gasteiger partial charge in [0.05, 0.1) is 6.61 Å². The molecule has 0 spiro atoms. The van der Waals surface area contributed by atoms with Crippen molar-refractivity contribution >= 4 is 11.8 Å². The maximum atomic E-state index is 11.9. The third-order valence-corrected chi connectivity index (χ3v) is 4.24. The number of ether oxygens (including phenoxy) is 1. The minimum atomic E-state index is -0.305. The van der Waals surface area contributed by atoms with Crippen molar-refractivity contribution in [3.05, 3.63) is 23.9 Å². The molecule has 1 aromatic heterocycles. The minimum Gasteiger partial charge on any atom is -0.462 e. The molecule has 4 nitrogen and oxygen atoms in total. The van der Waals surface area contributed by atoms with Gasteiger partial charge in [0.25, 0.3) is 0 Å². The largest absolute Gasteiger partial charge is 0.462 e. The highest BCUT2D eigenvalue weighted by molar-refractivity contribution is 5.94. The van der Waals surface area contributed by atoms with Crippen LogP contribution in [-0.2, 0) is 4.74 Å². The van der Waals surface area contributed by atoms with Crippen molar-refractivity contribution < 1.29 is 9.53 Å². The molecule has 0 amide bonds. The number of esters is 1. The molecule has 0 bridgehead atoms. The van der Waals surface area contributed by atoms with Crippen molar-refractivity contribution in [2.45, 2.75) is 46.1 Å². The summed E-state index contributed by atoms with van der Waals surface area (Å²) < 4.78 is 5.08. The molecule has 0 radical (unpaired) electrons. The van der Waals surface area contributed by atoms with Crippen LogP contribution in [0.25, 0.3) is 0 Å². The van der Waals surface area contributed by atoms with Crippen molar-refractivity contribution in [3.8, 4) is 0 Å². The summed E-state index contributed by atoms with van der Waals surface area (Å²) in [5, 5.41) is 3.43. The molecule has 110 valence electrons. The van der Waals surface area contributed by atoms with E-state index in [9.17, 15) is 4.79 Å². The van der Waals surface area contributed by atoms with Crippen LogP contribution in [0.5, 0.6) is 0 Å². The van der Waals surface area contributed by atoms with E-state index >= 15 is 0 Å². The smallest absolute Gasteiger partial charge is 0.341 e. The molecule has 1 aromatic rings. The van der Waals surface area contributed by atoms with Gasteiger partial charge in [0.15, 0.2) is 0 Å². The van der Waals surface area contributed by atoms with Crippen LogP contribution in [0, 0.1) is 11.8 Å². The topological polar surface area (TPSA) is 51.2 Å². The molecule has 20 heavy (non-hydrogen) atoms. The van der Waals surface area contributed by atoms with E-state index in [1.54, 1.807) is 18.3 Å². The van der Waals surface area contributed by atoms with Gasteiger partial charge < -0.3 is 10.1 Å². The van der Waals surface area contributed by atoms with Crippen LogP contribution < -0.4 is 5.32 Å². The van der Waals surface area contributed by atoms with Gasteiger partial charge in [-0.1, -0.05) is 13.8 Å². The van der Waals surface area contributed by atoms with Crippen LogP contribution in [0.4, 0.5) is 5.82 Å². The summed E-state index contributed by atoms with van der Waals surface area (Å²) in [6.45, 7) is 6.80. The Labute approximate surface area is 120 Å². The maximum Gasteiger partial charge on any atom is 0.341 e. The monoisotopic (exact) mass is 276 g/mol. The second-order valence-electron chi connectivity index (χ2n) is 5.73. The zero-order valence-electron chi connectivity index (χ0n) is 12.6. The molecule has 0 aliphatic heterocycles. The first kappa shape index (κ1) is 14.8. The molecule has 1 fully saturated rings. The van der Waals surface area contributed by atoms with Gasteiger partial charge in [-0.3, -0.25) is 0 Å². The molecule has 1 saturated carbocycles. The lowest BCUT2D eigenvalue weighted by atomic mass is 9.79. The van der Waals surface area contributed by atoms with Crippen molar-refractivity contribution in [2.24, 2.45) is 11.8 Å². The number of pyridine rings is 1. The number of hydrogen-bond acceptors (Lipinski definition) is 4. The van der Waals surface area contributed by atoms with E-state index in [0.29, 0.717) is 29.9 Å². The second kappa shape index (κ2) is 6.73. The standard InChI is InChI=1S/C16H24N2O2/c1-4-20-16(19)14-6-5-9-17-15(14)18-13-8-7-11(2)12(3)10-13/h5-6,9,11-13H,4,7-8,10H2,1-3H3,(H,17,18). The third kappa shape index (κ3) is 3.50. The summed E-state index contributed by atoms with van der Waals surface area (Å²) in [6, 6.07) is 3.93. The zero-order chi connectivity index (χ0) is 14.5. The molecule has 1 aliphatic carbocycles. The fourth-order valence-corrected chi connectivity index (χ4v) is 2.77. The molecular weight excluding hydrogens is 252 g/mol. The van der Waals surface area contributed by atoms with Gasteiger partial charge in [-0.15, -0.1) is 0 Å². The van der Waals surface area contributed by atoms with E-state index in [-0.39, 0.29) is 5.97 Å². The Bertz CT molecular complexity index is 462. The molecule has 2 rings (SSSR count). The first-order valence-corrected chi connectivity index (χ1v) is 7.50. The van der Waals surface area contributed by atoms with Crippen molar-refractivity contribution in [1.82, 2.24) is 4.98 Å². The number of anilines is 1. The van der Waals surface area contributed by atoms with Crippen LogP contribution in [0.15, 0.2) is 18.3 Å². The average molecular weight is 276 g/mol. The Morgan fingerprint density at radius 2 is 2.20 bits per heavy atom. The predicted molar refractivity (Wildman–Crippen MR) is 79.8 cm³/mol. The number of nitrogens with one attached hydrogen (secondary N) is 1. The first-order valence-electron chi connectivity index (χ1n) is 7.50. The van der Waals surface area contributed by atoms with E-state index in [4.69, 9.17) is 4.74 Å². The van der Waals surface area contributed by atoms with E-state index in [0.717, 1.165) is 18.8 Å². The van der Waals surface area contributed by atoms with Gasteiger partial charge in [-0.25, -0.2) is 9.78 Å². The first-order chi connectivity index (χ1) is 9.61. The molecule has 1 N–H and O–H groups in total. The summed E-state index contributed by atoms with van der Waals surface area (Å²) in [4.78, 5) is 16.2. The fraction of sp³-hybridized carbons (Fsp3) is 0.625. The Hall–Kier alpha value is -1.58. The molecule has 1 heterocycles. The van der Waals surface area contributed by atoms with Crippen LogP contribution in [0.2, 0.25) is 0 Å². The predicted octanol–water partition coefficient (Wildman–Crippen LogP) is 3.49. The van der Waals surface area contributed by atoms with Crippen LogP contribution >= 0.6 is 0 Å². The van der Waals surface area contributed by atoms with E-state index < -0.39 is 0 Å². The van der Waals surface area contributed by atoms with Gasteiger partial charge in [0.1, 0.15) is 11.4 Å². The summed E-state index contributed by atoms with van der Waals surface area (Å²) in [6.07, 6.45) is 5.19. The van der Waals surface area contributed by atoms with Crippen LogP contribution in [0.1, 0.15) is 50.4 Å². The number of rotatable bonds is 4. The van der Waals surface area contributed by atoms with Crippen LogP contribution in [-0.4, -0.2) is 23.6 Å². The van der Waals surface area contributed by atoms with E-state index in [1.165, 1.54) is 6.42 Å². The van der Waals surface area contributed by atoms with Crippen molar-refractivity contribution in [3.63, 3.8) is 0 Å². The molecule has 3 atom stereocenters. The second-order valence-corrected chi connectivity index (χ2v) is 5.73. The molecule has 0 aromatic carbocycles. The van der Waals surface area contributed by atoms with Crippen LogP contribution in [0.3, 0.4) is 0 Å². The number of carbonyl (C=O) groups excluding carboxylic acids is 1. The van der Waals surface area contributed by atoms with Gasteiger partial charge in [-0.2, -0.15) is 0 Å². The summed E-state index contributed by atoms with van der Waals surface area (Å²) in [5.41, 5.74) is 0.528. The highest BCUT2D eigenvalue weighted by Gasteiger charge is 2.25.